The second kappa shape index (κ2) is 11.5. The van der Waals surface area contributed by atoms with Crippen LogP contribution in [0.1, 0.15) is 37.7 Å². The predicted octanol–water partition coefficient (Wildman–Crippen LogP) is 4.60. The molecule has 0 fully saturated rings. The predicted molar refractivity (Wildman–Crippen MR) is 128 cm³/mol. The highest BCUT2D eigenvalue weighted by atomic mass is 127. The van der Waals surface area contributed by atoms with Crippen molar-refractivity contribution in [1.29, 1.82) is 0 Å². The van der Waals surface area contributed by atoms with Crippen LogP contribution in [0.4, 0.5) is 0 Å². The lowest BCUT2D eigenvalue weighted by atomic mass is 10.1. The molecule has 0 saturated carbocycles. The lowest BCUT2D eigenvalue weighted by Crippen LogP contribution is -2.24. The number of hydrogen-bond donors (Lipinski definition) is 2. The number of amides is 1. The summed E-state index contributed by atoms with van der Waals surface area (Å²) in [5.74, 6) is 0.507. The molecule has 0 saturated heterocycles. The molecule has 0 aliphatic carbocycles. The molecule has 0 unspecified atom stereocenters. The fourth-order valence-corrected chi connectivity index (χ4v) is 4.64. The van der Waals surface area contributed by atoms with Gasteiger partial charge in [-0.25, -0.2) is 10.5 Å². The molecule has 0 atom stereocenters. The first-order valence-electron chi connectivity index (χ1n) is 9.88. The number of aromatic nitrogens is 2. The Morgan fingerprint density at radius 2 is 1.87 bits per heavy atom. The number of unbranched alkanes of at least 4 members (excludes halogenated alkanes) is 3. The van der Waals surface area contributed by atoms with Gasteiger partial charge in [0.25, 0.3) is 5.56 Å². The summed E-state index contributed by atoms with van der Waals surface area (Å²) in [6.07, 6.45) is 3.97. The first-order chi connectivity index (χ1) is 14.6. The molecule has 0 spiro atoms. The van der Waals surface area contributed by atoms with Crippen molar-refractivity contribution in [3.8, 4) is 0 Å². The number of hydroxylamine groups is 1. The third-order valence-electron chi connectivity index (χ3n) is 4.72. The van der Waals surface area contributed by atoms with Gasteiger partial charge in [-0.1, -0.05) is 54.9 Å². The van der Waals surface area contributed by atoms with E-state index in [1.807, 2.05) is 48.5 Å². The summed E-state index contributed by atoms with van der Waals surface area (Å²) >= 11 is 3.81. The number of nitrogens with zero attached hydrogens (tertiary/aromatic N) is 2. The van der Waals surface area contributed by atoms with E-state index in [0.717, 1.165) is 51.2 Å². The van der Waals surface area contributed by atoms with Crippen LogP contribution >= 0.6 is 34.4 Å². The number of benzene rings is 2. The molecule has 158 valence electrons. The van der Waals surface area contributed by atoms with Crippen molar-refractivity contribution in [1.82, 2.24) is 15.0 Å². The minimum Gasteiger partial charge on any atom is -0.289 e. The molecule has 3 rings (SSSR count). The summed E-state index contributed by atoms with van der Waals surface area (Å²) in [5, 5.41) is 9.88. The van der Waals surface area contributed by atoms with E-state index >= 15 is 0 Å². The topological polar surface area (TPSA) is 84.2 Å². The Hall–Kier alpha value is -1.91. The monoisotopic (exact) mass is 537 g/mol. The second-order valence-electron chi connectivity index (χ2n) is 6.98. The van der Waals surface area contributed by atoms with E-state index in [1.165, 1.54) is 0 Å². The van der Waals surface area contributed by atoms with Gasteiger partial charge >= 0.3 is 0 Å². The zero-order valence-electron chi connectivity index (χ0n) is 16.5. The quantitative estimate of drug-likeness (QED) is 0.0987. The van der Waals surface area contributed by atoms with Crippen molar-refractivity contribution in [3.05, 3.63) is 68.0 Å². The highest BCUT2D eigenvalue weighted by Gasteiger charge is 2.12. The van der Waals surface area contributed by atoms with Gasteiger partial charge in [0.2, 0.25) is 5.91 Å². The highest BCUT2D eigenvalue weighted by Crippen LogP contribution is 2.22. The summed E-state index contributed by atoms with van der Waals surface area (Å²) in [4.78, 5) is 29.0. The fraction of sp³-hybridized carbons (Fsp3) is 0.318. The summed E-state index contributed by atoms with van der Waals surface area (Å²) in [5.41, 5.74) is 3.43. The van der Waals surface area contributed by atoms with Gasteiger partial charge in [0, 0.05) is 15.7 Å². The van der Waals surface area contributed by atoms with Gasteiger partial charge in [-0.05, 0) is 59.2 Å². The second-order valence-corrected chi connectivity index (χ2v) is 9.29. The standard InChI is InChI=1S/C22H24IN3O3S/c23-17-11-12-19-18(14-17)21(28)26(15-16-8-4-3-5-9-16)22(24-19)30-13-7-2-1-6-10-20(27)25-29/h3-5,8-9,11-12,14,29H,1-2,6-7,10,13,15H2,(H,25,27). The molecular formula is C22H24IN3O3S. The van der Waals surface area contributed by atoms with Crippen LogP contribution in [-0.2, 0) is 11.3 Å². The summed E-state index contributed by atoms with van der Waals surface area (Å²) in [7, 11) is 0. The minimum atomic E-state index is -0.343. The number of rotatable bonds is 10. The summed E-state index contributed by atoms with van der Waals surface area (Å²) in [6.45, 7) is 0.493. The third kappa shape index (κ3) is 6.29. The normalized spacial score (nSPS) is 11.0. The smallest absolute Gasteiger partial charge is 0.262 e. The van der Waals surface area contributed by atoms with Gasteiger partial charge in [0.15, 0.2) is 5.16 Å². The number of carbonyl (C=O) groups excluding carboxylic acids is 1. The van der Waals surface area contributed by atoms with Crippen LogP contribution in [-0.4, -0.2) is 26.4 Å². The third-order valence-corrected chi connectivity index (χ3v) is 6.45. The zero-order valence-corrected chi connectivity index (χ0v) is 19.5. The zero-order chi connectivity index (χ0) is 21.3. The number of carbonyl (C=O) groups is 1. The van der Waals surface area contributed by atoms with Gasteiger partial charge in [-0.15, -0.1) is 0 Å². The van der Waals surface area contributed by atoms with Crippen LogP contribution in [0.2, 0.25) is 0 Å². The first-order valence-corrected chi connectivity index (χ1v) is 11.9. The van der Waals surface area contributed by atoms with E-state index in [9.17, 15) is 9.59 Å². The van der Waals surface area contributed by atoms with E-state index in [2.05, 4.69) is 22.6 Å². The molecule has 1 heterocycles. The van der Waals surface area contributed by atoms with Crippen molar-refractivity contribution in [2.45, 2.75) is 43.8 Å². The molecule has 1 aromatic heterocycles. The Kier molecular flexibility index (Phi) is 8.71. The van der Waals surface area contributed by atoms with E-state index in [4.69, 9.17) is 10.2 Å². The van der Waals surface area contributed by atoms with E-state index in [0.29, 0.717) is 18.4 Å². The molecular weight excluding hydrogens is 513 g/mol. The number of hydrogen-bond acceptors (Lipinski definition) is 5. The average Bonchev–Trinajstić information content (AvgIpc) is 2.76. The molecule has 3 aromatic rings. The highest BCUT2D eigenvalue weighted by molar-refractivity contribution is 14.1. The maximum atomic E-state index is 13.2. The lowest BCUT2D eigenvalue weighted by Gasteiger charge is -2.13. The lowest BCUT2D eigenvalue weighted by molar-refractivity contribution is -0.129. The molecule has 8 heteroatoms. The number of thioether (sulfide) groups is 1. The van der Waals surface area contributed by atoms with Gasteiger partial charge in [0.05, 0.1) is 17.4 Å². The Bertz CT molecular complexity index is 1060. The van der Waals surface area contributed by atoms with E-state index < -0.39 is 0 Å². The van der Waals surface area contributed by atoms with Crippen LogP contribution in [0.15, 0.2) is 58.5 Å². The maximum absolute atomic E-state index is 13.2. The first kappa shape index (κ1) is 22.8. The van der Waals surface area contributed by atoms with Crippen LogP contribution in [0, 0.1) is 3.57 Å². The Balaban J connectivity index is 1.72. The molecule has 6 nitrogen and oxygen atoms in total. The number of fused-ring (bicyclic) bond motifs is 1. The van der Waals surface area contributed by atoms with Crippen molar-refractivity contribution < 1.29 is 10.0 Å². The molecule has 0 bridgehead atoms. The maximum Gasteiger partial charge on any atom is 0.262 e. The van der Waals surface area contributed by atoms with Crippen molar-refractivity contribution in [3.63, 3.8) is 0 Å². The Morgan fingerprint density at radius 1 is 1.10 bits per heavy atom. The van der Waals surface area contributed by atoms with E-state index in [-0.39, 0.29) is 11.5 Å². The van der Waals surface area contributed by atoms with Crippen molar-refractivity contribution in [2.75, 3.05) is 5.75 Å². The van der Waals surface area contributed by atoms with Gasteiger partial charge in [-0.3, -0.25) is 19.4 Å². The molecule has 0 radical (unpaired) electrons. The fourth-order valence-electron chi connectivity index (χ4n) is 3.15. The van der Waals surface area contributed by atoms with Crippen LogP contribution in [0.3, 0.4) is 0 Å². The van der Waals surface area contributed by atoms with Gasteiger partial charge < -0.3 is 0 Å². The van der Waals surface area contributed by atoms with Crippen LogP contribution < -0.4 is 11.0 Å². The van der Waals surface area contributed by atoms with Gasteiger partial charge in [0.1, 0.15) is 0 Å². The summed E-state index contributed by atoms with van der Waals surface area (Å²) < 4.78 is 2.78. The molecule has 2 aromatic carbocycles. The summed E-state index contributed by atoms with van der Waals surface area (Å²) in [6, 6.07) is 15.7. The van der Waals surface area contributed by atoms with Crippen molar-refractivity contribution in [2.24, 2.45) is 0 Å². The van der Waals surface area contributed by atoms with E-state index in [1.54, 1.807) is 21.8 Å². The SMILES string of the molecule is O=C(CCCCCCSc1nc2ccc(I)cc2c(=O)n1Cc1ccccc1)NO. The molecule has 2 N–H and O–H groups in total. The van der Waals surface area contributed by atoms with Gasteiger partial charge in [-0.2, -0.15) is 0 Å². The number of nitrogens with one attached hydrogen (secondary N) is 1. The average molecular weight is 537 g/mol. The van der Waals surface area contributed by atoms with Crippen LogP contribution in [0.5, 0.6) is 0 Å². The number of halogens is 1. The molecule has 0 aliphatic rings. The van der Waals surface area contributed by atoms with Crippen molar-refractivity contribution >= 4 is 51.2 Å². The Labute approximate surface area is 193 Å². The van der Waals surface area contributed by atoms with Crippen LogP contribution in [0.25, 0.3) is 10.9 Å². The molecule has 1 amide bonds. The molecule has 0 aliphatic heterocycles. The Morgan fingerprint density at radius 3 is 2.63 bits per heavy atom. The largest absolute Gasteiger partial charge is 0.289 e. The molecule has 30 heavy (non-hydrogen) atoms. The minimum absolute atomic E-state index is 0.0140.